The van der Waals surface area contributed by atoms with Gasteiger partial charge in [0.25, 0.3) is 0 Å². The Kier molecular flexibility index (Phi) is 15.3. The Morgan fingerprint density at radius 2 is 1.13 bits per heavy atom. The molecule has 0 radical (unpaired) electrons. The van der Waals surface area contributed by atoms with Gasteiger partial charge in [0.1, 0.15) is 23.9 Å². The third-order valence-corrected chi connectivity index (χ3v) is 6.79. The lowest BCUT2D eigenvalue weighted by molar-refractivity contribution is -0.142. The second-order valence-electron chi connectivity index (χ2n) is 10.6. The fraction of sp³-hybridized carbons (Fsp3) is 0.400. The minimum Gasteiger partial charge on any atom is -0.508 e. The highest BCUT2D eigenvalue weighted by atomic mass is 16.4. The minimum atomic E-state index is -1.33. The van der Waals surface area contributed by atoms with E-state index in [1.54, 1.807) is 42.5 Å². The van der Waals surface area contributed by atoms with Gasteiger partial charge in [0.05, 0.1) is 6.04 Å². The van der Waals surface area contributed by atoms with Crippen molar-refractivity contribution in [2.45, 2.75) is 62.7 Å². The average molecular weight is 641 g/mol. The summed E-state index contributed by atoms with van der Waals surface area (Å²) in [7, 11) is 0. The number of hydrogen-bond donors (Lipinski definition) is 10. The largest absolute Gasteiger partial charge is 0.508 e. The van der Waals surface area contributed by atoms with Crippen LogP contribution in [0.5, 0.6) is 5.75 Å². The number of guanidine groups is 2. The van der Waals surface area contributed by atoms with Crippen molar-refractivity contribution < 1.29 is 29.4 Å². The number of carboxylic acids is 1. The number of carbonyl (C=O) groups excluding carboxylic acids is 3. The summed E-state index contributed by atoms with van der Waals surface area (Å²) in [6.45, 7) is 0.449. The Morgan fingerprint density at radius 3 is 1.70 bits per heavy atom. The lowest BCUT2D eigenvalue weighted by Crippen LogP contribution is -2.57. The molecule has 2 aromatic carbocycles. The van der Waals surface area contributed by atoms with Crippen LogP contribution in [0, 0.1) is 0 Å². The monoisotopic (exact) mass is 640 g/mol. The van der Waals surface area contributed by atoms with Gasteiger partial charge in [-0.15, -0.1) is 0 Å². The molecule has 0 aliphatic heterocycles. The number of aliphatic carboxylic acids is 1. The molecule has 46 heavy (non-hydrogen) atoms. The van der Waals surface area contributed by atoms with E-state index in [9.17, 15) is 29.4 Å². The number of aromatic hydroxyl groups is 1. The first-order valence-electron chi connectivity index (χ1n) is 14.7. The van der Waals surface area contributed by atoms with E-state index in [4.69, 9.17) is 28.7 Å². The summed E-state index contributed by atoms with van der Waals surface area (Å²) < 4.78 is 0. The molecule has 0 aliphatic carbocycles. The van der Waals surface area contributed by atoms with Gasteiger partial charge in [0.2, 0.25) is 17.7 Å². The van der Waals surface area contributed by atoms with Gasteiger partial charge in [-0.25, -0.2) is 4.79 Å². The number of carboxylic acid groups (broad SMARTS) is 1. The number of nitrogens with two attached hydrogens (primary N) is 5. The van der Waals surface area contributed by atoms with E-state index in [1.165, 1.54) is 12.1 Å². The molecule has 2 rings (SSSR count). The van der Waals surface area contributed by atoms with Gasteiger partial charge < -0.3 is 54.8 Å². The van der Waals surface area contributed by atoms with Crippen molar-refractivity contribution in [3.8, 4) is 5.75 Å². The molecular formula is C30H44N10O6. The first-order valence-corrected chi connectivity index (χ1v) is 14.7. The molecule has 0 fully saturated rings. The Bertz CT molecular complexity index is 1350. The van der Waals surface area contributed by atoms with Crippen LogP contribution in [-0.4, -0.2) is 83.1 Å². The van der Waals surface area contributed by atoms with Crippen molar-refractivity contribution in [2.24, 2.45) is 38.7 Å². The lowest BCUT2D eigenvalue weighted by Gasteiger charge is -2.25. The second-order valence-corrected chi connectivity index (χ2v) is 10.6. The van der Waals surface area contributed by atoms with Gasteiger partial charge in [-0.2, -0.15) is 0 Å². The first-order chi connectivity index (χ1) is 21.8. The number of hydrogen-bond acceptors (Lipinski definition) is 8. The number of nitrogens with one attached hydrogen (secondary N) is 3. The summed E-state index contributed by atoms with van der Waals surface area (Å²) in [5.41, 5.74) is 28.7. The normalized spacial score (nSPS) is 13.2. The zero-order valence-corrected chi connectivity index (χ0v) is 25.5. The SMILES string of the molecule is NC(N)=NCCCC(N)C(=O)NC(CCCN=C(N)N)C(=O)NC(Cc1ccccc1)C(=O)NC(Cc1ccc(O)cc1)C(=O)O. The van der Waals surface area contributed by atoms with Gasteiger partial charge in [-0.05, 0) is 48.9 Å². The predicted octanol–water partition coefficient (Wildman–Crippen LogP) is -1.85. The zero-order valence-electron chi connectivity index (χ0n) is 25.5. The molecule has 16 nitrogen and oxygen atoms in total. The van der Waals surface area contributed by atoms with Crippen LogP contribution in [0.3, 0.4) is 0 Å². The Morgan fingerprint density at radius 1 is 0.652 bits per heavy atom. The van der Waals surface area contributed by atoms with Crippen molar-refractivity contribution in [3.05, 3.63) is 65.7 Å². The molecule has 0 bridgehead atoms. The fourth-order valence-corrected chi connectivity index (χ4v) is 4.37. The van der Waals surface area contributed by atoms with Gasteiger partial charge >= 0.3 is 5.97 Å². The van der Waals surface area contributed by atoms with Crippen LogP contribution in [-0.2, 0) is 32.0 Å². The molecule has 0 saturated heterocycles. The Labute approximate surface area is 266 Å². The highest BCUT2D eigenvalue weighted by Gasteiger charge is 2.30. The van der Waals surface area contributed by atoms with Gasteiger partial charge in [0.15, 0.2) is 11.9 Å². The van der Waals surface area contributed by atoms with Crippen LogP contribution in [0.4, 0.5) is 0 Å². The topological polar surface area (TPSA) is 300 Å². The van der Waals surface area contributed by atoms with E-state index in [2.05, 4.69) is 25.9 Å². The maximum Gasteiger partial charge on any atom is 0.326 e. The summed E-state index contributed by atoms with van der Waals surface area (Å²) in [5.74, 6) is -3.53. The minimum absolute atomic E-state index is 0.0112. The number of rotatable bonds is 19. The van der Waals surface area contributed by atoms with Crippen LogP contribution in [0.15, 0.2) is 64.6 Å². The molecule has 2 aromatic rings. The summed E-state index contributed by atoms with van der Waals surface area (Å²) in [6, 6.07) is 10.1. The number of phenolic OH excluding ortho intramolecular Hbond substituents is 1. The fourth-order valence-electron chi connectivity index (χ4n) is 4.37. The summed E-state index contributed by atoms with van der Waals surface area (Å²) in [6.07, 6.45) is 1.02. The highest BCUT2D eigenvalue weighted by molar-refractivity contribution is 5.94. The van der Waals surface area contributed by atoms with Gasteiger partial charge in [0, 0.05) is 25.9 Å². The number of aliphatic imine (C=N–C) groups is 2. The first kappa shape index (κ1) is 36.8. The molecule has 0 saturated carbocycles. The van der Waals surface area contributed by atoms with E-state index >= 15 is 0 Å². The molecular weight excluding hydrogens is 596 g/mol. The summed E-state index contributed by atoms with van der Waals surface area (Å²) in [5, 5.41) is 27.2. The smallest absolute Gasteiger partial charge is 0.326 e. The maximum atomic E-state index is 13.6. The summed E-state index contributed by atoms with van der Waals surface area (Å²) >= 11 is 0. The highest BCUT2D eigenvalue weighted by Crippen LogP contribution is 2.12. The van der Waals surface area contributed by atoms with Crippen molar-refractivity contribution in [3.63, 3.8) is 0 Å². The van der Waals surface area contributed by atoms with Crippen molar-refractivity contribution >= 4 is 35.6 Å². The molecule has 15 N–H and O–H groups in total. The number of carbonyl (C=O) groups is 4. The van der Waals surface area contributed by atoms with Crippen LogP contribution in [0.1, 0.15) is 36.8 Å². The molecule has 0 aliphatic rings. The van der Waals surface area contributed by atoms with Crippen LogP contribution in [0.25, 0.3) is 0 Å². The van der Waals surface area contributed by atoms with Crippen molar-refractivity contribution in [2.75, 3.05) is 13.1 Å². The van der Waals surface area contributed by atoms with Gasteiger partial charge in [-0.1, -0.05) is 42.5 Å². The van der Waals surface area contributed by atoms with Gasteiger partial charge in [-0.3, -0.25) is 24.4 Å². The molecule has 0 aromatic heterocycles. The molecule has 250 valence electrons. The molecule has 0 heterocycles. The maximum absolute atomic E-state index is 13.6. The molecule has 16 heteroatoms. The number of nitrogens with zero attached hydrogens (tertiary/aromatic N) is 2. The van der Waals surface area contributed by atoms with E-state index < -0.39 is 47.9 Å². The number of phenols is 1. The Hall–Kier alpha value is -5.38. The third-order valence-electron chi connectivity index (χ3n) is 6.79. The molecule has 4 atom stereocenters. The number of benzene rings is 2. The van der Waals surface area contributed by atoms with Crippen LogP contribution < -0.4 is 44.6 Å². The molecule has 3 amide bonds. The van der Waals surface area contributed by atoms with E-state index in [-0.39, 0.29) is 56.4 Å². The molecule has 4 unspecified atom stereocenters. The van der Waals surface area contributed by atoms with Crippen LogP contribution >= 0.6 is 0 Å². The lowest BCUT2D eigenvalue weighted by atomic mass is 10.0. The Balaban J connectivity index is 2.24. The van der Waals surface area contributed by atoms with Crippen molar-refractivity contribution in [1.29, 1.82) is 0 Å². The second kappa shape index (κ2) is 19.1. The van der Waals surface area contributed by atoms with E-state index in [0.29, 0.717) is 24.0 Å². The van der Waals surface area contributed by atoms with Crippen molar-refractivity contribution in [1.82, 2.24) is 16.0 Å². The number of amides is 3. The standard InChI is InChI=1S/C30H44N10O6/c31-21(8-4-14-36-29(32)33)25(42)38-22(9-5-15-37-30(34)35)26(43)39-23(16-18-6-2-1-3-7-18)27(44)40-24(28(45)46)17-19-10-12-20(41)13-11-19/h1-3,6-7,10-13,21-24,41H,4-5,8-9,14-17,31H2,(H,38,42)(H,39,43)(H,40,44)(H,45,46)(H4,32,33,36)(H4,34,35,37). The third kappa shape index (κ3) is 13.9. The molecule has 0 spiro atoms. The quantitative estimate of drug-likeness (QED) is 0.0462. The van der Waals surface area contributed by atoms with E-state index in [1.807, 2.05) is 0 Å². The average Bonchev–Trinajstić information content (AvgIpc) is 3.01. The zero-order chi connectivity index (χ0) is 34.1. The predicted molar refractivity (Wildman–Crippen MR) is 173 cm³/mol. The van der Waals surface area contributed by atoms with Crippen LogP contribution in [0.2, 0.25) is 0 Å². The van der Waals surface area contributed by atoms with E-state index in [0.717, 1.165) is 0 Å². The summed E-state index contributed by atoms with van der Waals surface area (Å²) in [4.78, 5) is 59.9.